The third-order valence-electron chi connectivity index (χ3n) is 5.26. The fourth-order valence-corrected chi connectivity index (χ4v) is 5.23. The molecule has 0 spiro atoms. The van der Waals surface area contributed by atoms with Crippen molar-refractivity contribution in [3.8, 4) is 0 Å². The molecule has 1 amide bonds. The van der Waals surface area contributed by atoms with Crippen LogP contribution >= 0.6 is 0 Å². The van der Waals surface area contributed by atoms with E-state index in [0.29, 0.717) is 24.2 Å². The highest BCUT2D eigenvalue weighted by Crippen LogP contribution is 2.32. The molecule has 0 radical (unpaired) electrons. The van der Waals surface area contributed by atoms with E-state index in [4.69, 9.17) is 0 Å². The number of amides is 1. The minimum Gasteiger partial charge on any atom is -0.337 e. The molecule has 0 aromatic heterocycles. The maximum absolute atomic E-state index is 13.4. The fraction of sp³-hybridized carbons (Fsp3) is 0.174. The van der Waals surface area contributed by atoms with Gasteiger partial charge in [0.1, 0.15) is 0 Å². The van der Waals surface area contributed by atoms with Crippen molar-refractivity contribution in [3.63, 3.8) is 0 Å². The minimum atomic E-state index is -3.83. The van der Waals surface area contributed by atoms with Gasteiger partial charge in [0.25, 0.3) is 15.9 Å². The summed E-state index contributed by atoms with van der Waals surface area (Å²) in [6.45, 7) is 0.391. The lowest BCUT2D eigenvalue weighted by atomic mass is 10.1. The molecule has 0 bridgehead atoms. The second kappa shape index (κ2) is 8.11. The smallest absolute Gasteiger partial charge is 0.264 e. The first-order chi connectivity index (χ1) is 14.8. The Kier molecular flexibility index (Phi) is 5.49. The number of halogens is 2. The molecular formula is C23H20F2N2O3S. The molecule has 1 aliphatic heterocycles. The van der Waals surface area contributed by atoms with Gasteiger partial charge in [0.15, 0.2) is 11.6 Å². The molecule has 160 valence electrons. The molecule has 0 saturated carbocycles. The highest BCUT2D eigenvalue weighted by Gasteiger charge is 2.31. The normalized spacial score (nSPS) is 13.2. The first-order valence-corrected chi connectivity index (χ1v) is 11.1. The standard InChI is InChI=1S/C23H20F2N2O3S/c1-26(15-16-9-10-20(24)21(25)13-16)23(28)18-6-4-7-19(14-18)31(29,30)27-12-11-17-5-2-3-8-22(17)27/h2-10,13-14H,11-12,15H2,1H3. The number of nitrogens with zero attached hydrogens (tertiary/aromatic N) is 2. The predicted molar refractivity (Wildman–Crippen MR) is 113 cm³/mol. The second-order valence-corrected chi connectivity index (χ2v) is 9.26. The summed E-state index contributed by atoms with van der Waals surface area (Å²) in [5.41, 5.74) is 2.23. The Labute approximate surface area is 179 Å². The van der Waals surface area contributed by atoms with Crippen molar-refractivity contribution in [3.05, 3.63) is 95.1 Å². The number of anilines is 1. The van der Waals surface area contributed by atoms with E-state index >= 15 is 0 Å². The van der Waals surface area contributed by atoms with Crippen LogP contribution in [0.25, 0.3) is 0 Å². The molecule has 0 unspecified atom stereocenters. The summed E-state index contributed by atoms with van der Waals surface area (Å²) in [6, 6.07) is 16.6. The quantitative estimate of drug-likeness (QED) is 0.601. The van der Waals surface area contributed by atoms with Gasteiger partial charge in [0.05, 0.1) is 10.6 Å². The van der Waals surface area contributed by atoms with Crippen LogP contribution in [-0.4, -0.2) is 32.8 Å². The molecule has 4 rings (SSSR count). The highest BCUT2D eigenvalue weighted by atomic mass is 32.2. The fourth-order valence-electron chi connectivity index (χ4n) is 3.68. The number of carbonyl (C=O) groups is 1. The second-order valence-electron chi connectivity index (χ2n) is 7.39. The van der Waals surface area contributed by atoms with Crippen molar-refractivity contribution in [1.29, 1.82) is 0 Å². The Morgan fingerprint density at radius 3 is 2.55 bits per heavy atom. The van der Waals surface area contributed by atoms with E-state index in [2.05, 4.69) is 0 Å². The average Bonchev–Trinajstić information content (AvgIpc) is 3.21. The number of hydrogen-bond acceptors (Lipinski definition) is 3. The van der Waals surface area contributed by atoms with Crippen molar-refractivity contribution in [2.45, 2.75) is 17.9 Å². The van der Waals surface area contributed by atoms with Crippen molar-refractivity contribution >= 4 is 21.6 Å². The van der Waals surface area contributed by atoms with E-state index in [1.807, 2.05) is 12.1 Å². The number of carbonyl (C=O) groups excluding carboxylic acids is 1. The summed E-state index contributed by atoms with van der Waals surface area (Å²) >= 11 is 0. The summed E-state index contributed by atoms with van der Waals surface area (Å²) in [5, 5.41) is 0. The number of hydrogen-bond donors (Lipinski definition) is 0. The Hall–Kier alpha value is -3.26. The van der Waals surface area contributed by atoms with E-state index in [1.54, 1.807) is 12.1 Å². The molecule has 31 heavy (non-hydrogen) atoms. The van der Waals surface area contributed by atoms with E-state index in [9.17, 15) is 22.0 Å². The summed E-state index contributed by atoms with van der Waals surface area (Å²) in [7, 11) is -2.32. The minimum absolute atomic E-state index is 0.0243. The van der Waals surface area contributed by atoms with Gasteiger partial charge in [-0.2, -0.15) is 0 Å². The topological polar surface area (TPSA) is 57.7 Å². The lowest BCUT2D eigenvalue weighted by molar-refractivity contribution is 0.0784. The van der Waals surface area contributed by atoms with Crippen LogP contribution in [0.15, 0.2) is 71.6 Å². The van der Waals surface area contributed by atoms with E-state index in [-0.39, 0.29) is 17.0 Å². The van der Waals surface area contributed by atoms with Crippen LogP contribution < -0.4 is 4.31 Å². The molecule has 3 aromatic carbocycles. The van der Waals surface area contributed by atoms with Crippen LogP contribution in [0.3, 0.4) is 0 Å². The largest absolute Gasteiger partial charge is 0.337 e. The van der Waals surface area contributed by atoms with E-state index < -0.39 is 27.6 Å². The predicted octanol–water partition coefficient (Wildman–Crippen LogP) is 3.99. The van der Waals surface area contributed by atoms with Crippen molar-refractivity contribution in [2.24, 2.45) is 0 Å². The summed E-state index contributed by atoms with van der Waals surface area (Å²) in [6.07, 6.45) is 0.630. The summed E-state index contributed by atoms with van der Waals surface area (Å²) in [5.74, 6) is -2.37. The van der Waals surface area contributed by atoms with Gasteiger partial charge < -0.3 is 4.90 Å². The number of rotatable bonds is 5. The molecular weight excluding hydrogens is 422 g/mol. The van der Waals surface area contributed by atoms with E-state index in [1.165, 1.54) is 46.6 Å². The van der Waals surface area contributed by atoms with Gasteiger partial charge in [-0.1, -0.05) is 30.3 Å². The number of fused-ring (bicyclic) bond motifs is 1. The third kappa shape index (κ3) is 4.03. The molecule has 0 atom stereocenters. The van der Waals surface area contributed by atoms with Gasteiger partial charge in [0.2, 0.25) is 0 Å². The maximum Gasteiger partial charge on any atom is 0.264 e. The van der Waals surface area contributed by atoms with Gasteiger partial charge >= 0.3 is 0 Å². The van der Waals surface area contributed by atoms with Crippen LogP contribution in [0.1, 0.15) is 21.5 Å². The van der Waals surface area contributed by atoms with Gasteiger partial charge in [-0.3, -0.25) is 9.10 Å². The van der Waals surface area contributed by atoms with Crippen molar-refractivity contribution in [1.82, 2.24) is 4.90 Å². The lowest BCUT2D eigenvalue weighted by Gasteiger charge is -2.21. The van der Waals surface area contributed by atoms with Crippen LogP contribution in [-0.2, 0) is 23.0 Å². The SMILES string of the molecule is CN(Cc1ccc(F)c(F)c1)C(=O)c1cccc(S(=O)(=O)N2CCc3ccccc32)c1. The number of para-hydroxylation sites is 1. The molecule has 0 aliphatic carbocycles. The molecule has 0 N–H and O–H groups in total. The Morgan fingerprint density at radius 1 is 1.00 bits per heavy atom. The third-order valence-corrected chi connectivity index (χ3v) is 7.07. The molecule has 8 heteroatoms. The Morgan fingerprint density at radius 2 is 1.77 bits per heavy atom. The van der Waals surface area contributed by atoms with Crippen LogP contribution in [0.4, 0.5) is 14.5 Å². The zero-order valence-corrected chi connectivity index (χ0v) is 17.6. The van der Waals surface area contributed by atoms with Crippen LogP contribution in [0.5, 0.6) is 0 Å². The molecule has 0 fully saturated rings. The van der Waals surface area contributed by atoms with Gasteiger partial charge in [-0.05, 0) is 53.9 Å². The molecule has 5 nitrogen and oxygen atoms in total. The average molecular weight is 442 g/mol. The summed E-state index contributed by atoms with van der Waals surface area (Å²) in [4.78, 5) is 14.2. The summed E-state index contributed by atoms with van der Waals surface area (Å²) < 4.78 is 54.4. The molecule has 1 heterocycles. The zero-order chi connectivity index (χ0) is 22.2. The van der Waals surface area contributed by atoms with Crippen molar-refractivity contribution in [2.75, 3.05) is 17.9 Å². The molecule has 3 aromatic rings. The Balaban J connectivity index is 1.57. The number of benzene rings is 3. The highest BCUT2D eigenvalue weighted by molar-refractivity contribution is 7.92. The van der Waals surface area contributed by atoms with E-state index in [0.717, 1.165) is 17.7 Å². The lowest BCUT2D eigenvalue weighted by Crippen LogP contribution is -2.30. The van der Waals surface area contributed by atoms with Crippen LogP contribution in [0.2, 0.25) is 0 Å². The first kappa shape index (κ1) is 21.0. The van der Waals surface area contributed by atoms with Gasteiger partial charge in [-0.15, -0.1) is 0 Å². The molecule has 1 aliphatic rings. The Bertz CT molecular complexity index is 1260. The molecule has 0 saturated heterocycles. The zero-order valence-electron chi connectivity index (χ0n) is 16.8. The maximum atomic E-state index is 13.4. The van der Waals surface area contributed by atoms with Crippen molar-refractivity contribution < 1.29 is 22.0 Å². The number of sulfonamides is 1. The van der Waals surface area contributed by atoms with Gasteiger partial charge in [0, 0.05) is 25.7 Å². The first-order valence-electron chi connectivity index (χ1n) is 9.67. The monoisotopic (exact) mass is 442 g/mol. The van der Waals surface area contributed by atoms with Crippen LogP contribution in [0, 0.1) is 11.6 Å². The van der Waals surface area contributed by atoms with Gasteiger partial charge in [-0.25, -0.2) is 17.2 Å².